The maximum Gasteiger partial charge on any atom is 0.159 e. The molecular weight excluding hydrogens is 340 g/mol. The molecule has 0 saturated carbocycles. The number of imidazole rings is 1. The van der Waals surface area contributed by atoms with E-state index in [9.17, 15) is 4.79 Å². The lowest BCUT2D eigenvalue weighted by atomic mass is 10.1. The van der Waals surface area contributed by atoms with Gasteiger partial charge in [-0.2, -0.15) is 0 Å². The van der Waals surface area contributed by atoms with E-state index in [0.29, 0.717) is 35.8 Å². The number of morpholine rings is 1. The Morgan fingerprint density at radius 2 is 2.04 bits per heavy atom. The van der Waals surface area contributed by atoms with E-state index in [4.69, 9.17) is 15.5 Å². The van der Waals surface area contributed by atoms with Crippen molar-refractivity contribution in [2.45, 2.75) is 26.9 Å². The van der Waals surface area contributed by atoms with Crippen molar-refractivity contribution in [1.82, 2.24) is 14.9 Å². The normalized spacial score (nSPS) is 16.2. The summed E-state index contributed by atoms with van der Waals surface area (Å²) < 4.78 is 7.66. The summed E-state index contributed by atoms with van der Waals surface area (Å²) in [5, 5.41) is 3.30. The van der Waals surface area contributed by atoms with Crippen LogP contribution < -0.4 is 11.1 Å². The van der Waals surface area contributed by atoms with Crippen LogP contribution in [0.25, 0.3) is 23.2 Å². The standard InChI is InChI=1S/C19H22N4O2.C2H6/c1-4-23-18(12(2)20)17(15-7-5-14(6-8-15)13(3)24)22-19(23)16-11-21-9-10-25-16;1-2/h4-8,16,21H,1-2,9-11,20H2,3H3;1-2H3/t16-;/m0./s1. The molecule has 6 nitrogen and oxygen atoms in total. The predicted octanol–water partition coefficient (Wildman–Crippen LogP) is 3.47. The minimum absolute atomic E-state index is 0.0222. The number of nitrogens with zero attached hydrogens (tertiary/aromatic N) is 2. The molecule has 0 bridgehead atoms. The zero-order valence-electron chi connectivity index (χ0n) is 16.3. The molecule has 1 aromatic heterocycles. The first-order valence-corrected chi connectivity index (χ1v) is 9.16. The first-order valence-electron chi connectivity index (χ1n) is 9.16. The molecule has 1 aliphatic rings. The lowest BCUT2D eigenvalue weighted by molar-refractivity contribution is 0.0216. The molecule has 6 heteroatoms. The van der Waals surface area contributed by atoms with Crippen LogP contribution in [0.3, 0.4) is 0 Å². The fraction of sp³-hybridized carbons (Fsp3) is 0.333. The molecule has 0 aliphatic carbocycles. The molecule has 1 aromatic carbocycles. The number of ketones is 1. The van der Waals surface area contributed by atoms with E-state index in [1.54, 1.807) is 25.3 Å². The fourth-order valence-corrected chi connectivity index (χ4v) is 2.96. The SMILES string of the molecule is C=Cn1c([C@@H]2CNCCO2)nc(-c2ccc(C(C)=O)cc2)c1C(=C)N.CC. The van der Waals surface area contributed by atoms with Gasteiger partial charge in [-0.25, -0.2) is 4.98 Å². The number of nitrogens with one attached hydrogen (secondary N) is 1. The van der Waals surface area contributed by atoms with Gasteiger partial charge in [0, 0.05) is 30.4 Å². The molecule has 1 atom stereocenters. The Morgan fingerprint density at radius 3 is 2.52 bits per heavy atom. The van der Waals surface area contributed by atoms with E-state index in [2.05, 4.69) is 18.5 Å². The Bertz CT molecular complexity index is 815. The average molecular weight is 368 g/mol. The summed E-state index contributed by atoms with van der Waals surface area (Å²) in [6.45, 7) is 15.4. The molecule has 144 valence electrons. The van der Waals surface area contributed by atoms with Crippen molar-refractivity contribution in [1.29, 1.82) is 0 Å². The highest BCUT2D eigenvalue weighted by molar-refractivity contribution is 5.94. The molecule has 27 heavy (non-hydrogen) atoms. The average Bonchev–Trinajstić information content (AvgIpc) is 3.10. The molecule has 3 rings (SSSR count). The quantitative estimate of drug-likeness (QED) is 0.790. The summed E-state index contributed by atoms with van der Waals surface area (Å²) in [6.07, 6.45) is 1.48. The van der Waals surface area contributed by atoms with E-state index >= 15 is 0 Å². The van der Waals surface area contributed by atoms with Crippen molar-refractivity contribution in [2.24, 2.45) is 5.73 Å². The number of carbonyl (C=O) groups excluding carboxylic acids is 1. The second-order valence-corrected chi connectivity index (χ2v) is 5.94. The van der Waals surface area contributed by atoms with Crippen LogP contribution >= 0.6 is 0 Å². The smallest absolute Gasteiger partial charge is 0.159 e. The van der Waals surface area contributed by atoms with Gasteiger partial charge in [-0.05, 0) is 6.92 Å². The maximum atomic E-state index is 11.5. The molecular formula is C21H28N4O2. The van der Waals surface area contributed by atoms with Crippen LogP contribution in [0.4, 0.5) is 0 Å². The fourth-order valence-electron chi connectivity index (χ4n) is 2.96. The number of nitrogens with two attached hydrogens (primary N) is 1. The highest BCUT2D eigenvalue weighted by atomic mass is 16.5. The van der Waals surface area contributed by atoms with Gasteiger partial charge in [0.2, 0.25) is 0 Å². The van der Waals surface area contributed by atoms with Gasteiger partial charge in [-0.3, -0.25) is 9.36 Å². The lowest BCUT2D eigenvalue weighted by Crippen LogP contribution is -2.34. The highest BCUT2D eigenvalue weighted by Gasteiger charge is 2.26. The molecule has 0 spiro atoms. The van der Waals surface area contributed by atoms with Gasteiger partial charge in [0.05, 0.1) is 23.7 Å². The number of Topliss-reactive ketones (excluding diaryl/α,β-unsaturated/α-hetero) is 1. The van der Waals surface area contributed by atoms with Crippen LogP contribution in [0.5, 0.6) is 0 Å². The van der Waals surface area contributed by atoms with Crippen LogP contribution in [-0.2, 0) is 4.74 Å². The first kappa shape index (κ1) is 20.6. The zero-order valence-corrected chi connectivity index (χ0v) is 16.3. The van der Waals surface area contributed by atoms with Crippen molar-refractivity contribution >= 4 is 17.7 Å². The molecule has 0 unspecified atom stereocenters. The van der Waals surface area contributed by atoms with Crippen molar-refractivity contribution < 1.29 is 9.53 Å². The van der Waals surface area contributed by atoms with Crippen LogP contribution in [0.1, 0.15) is 48.8 Å². The lowest BCUT2D eigenvalue weighted by Gasteiger charge is -2.23. The Hall–Kier alpha value is -2.70. The molecule has 2 aromatic rings. The van der Waals surface area contributed by atoms with E-state index in [-0.39, 0.29) is 11.9 Å². The first-order chi connectivity index (χ1) is 13.0. The molecule has 1 saturated heterocycles. The Labute approximate surface area is 160 Å². The number of carbonyl (C=O) groups is 1. The predicted molar refractivity (Wildman–Crippen MR) is 110 cm³/mol. The van der Waals surface area contributed by atoms with Gasteiger partial charge in [-0.1, -0.05) is 51.3 Å². The number of benzene rings is 1. The molecule has 0 radical (unpaired) electrons. The second kappa shape index (κ2) is 9.30. The topological polar surface area (TPSA) is 82.2 Å². The highest BCUT2D eigenvalue weighted by Crippen LogP contribution is 2.31. The minimum Gasteiger partial charge on any atom is -0.397 e. The number of ether oxygens (including phenoxy) is 1. The largest absolute Gasteiger partial charge is 0.397 e. The third-order valence-electron chi connectivity index (χ3n) is 4.21. The molecule has 0 amide bonds. The molecule has 3 N–H and O–H groups in total. The minimum atomic E-state index is -0.185. The summed E-state index contributed by atoms with van der Waals surface area (Å²) >= 11 is 0. The van der Waals surface area contributed by atoms with Crippen LogP contribution in [0.2, 0.25) is 0 Å². The van der Waals surface area contributed by atoms with Gasteiger partial charge < -0.3 is 15.8 Å². The monoisotopic (exact) mass is 368 g/mol. The van der Waals surface area contributed by atoms with Crippen molar-refractivity contribution in [3.8, 4) is 11.3 Å². The van der Waals surface area contributed by atoms with Gasteiger partial charge in [0.25, 0.3) is 0 Å². The van der Waals surface area contributed by atoms with Gasteiger partial charge in [0.15, 0.2) is 5.78 Å². The number of aromatic nitrogens is 2. The van der Waals surface area contributed by atoms with E-state index in [1.165, 1.54) is 0 Å². The Morgan fingerprint density at radius 1 is 1.37 bits per heavy atom. The number of hydrogen-bond acceptors (Lipinski definition) is 5. The van der Waals surface area contributed by atoms with Crippen LogP contribution in [0.15, 0.2) is 37.4 Å². The van der Waals surface area contributed by atoms with E-state index in [1.807, 2.05) is 30.5 Å². The van der Waals surface area contributed by atoms with Crippen molar-refractivity contribution in [3.05, 3.63) is 54.5 Å². The molecule has 1 aliphatic heterocycles. The summed E-state index contributed by atoms with van der Waals surface area (Å²) in [6, 6.07) is 7.30. The summed E-state index contributed by atoms with van der Waals surface area (Å²) in [5.41, 5.74) is 9.33. The zero-order chi connectivity index (χ0) is 20.0. The van der Waals surface area contributed by atoms with Gasteiger partial charge in [-0.15, -0.1) is 0 Å². The number of rotatable bonds is 5. The Balaban J connectivity index is 0.00000126. The van der Waals surface area contributed by atoms with Crippen LogP contribution in [0, 0.1) is 0 Å². The molecule has 1 fully saturated rings. The van der Waals surface area contributed by atoms with Crippen LogP contribution in [-0.4, -0.2) is 35.0 Å². The summed E-state index contributed by atoms with van der Waals surface area (Å²) in [4.78, 5) is 16.3. The Kier molecular flexibility index (Phi) is 7.10. The van der Waals surface area contributed by atoms with Crippen molar-refractivity contribution in [2.75, 3.05) is 19.7 Å². The van der Waals surface area contributed by atoms with Gasteiger partial charge in [0.1, 0.15) is 11.9 Å². The van der Waals surface area contributed by atoms with Crippen molar-refractivity contribution in [3.63, 3.8) is 0 Å². The summed E-state index contributed by atoms with van der Waals surface area (Å²) in [7, 11) is 0. The molecule has 2 heterocycles. The van der Waals surface area contributed by atoms with E-state index in [0.717, 1.165) is 17.9 Å². The third-order valence-corrected chi connectivity index (χ3v) is 4.21. The van der Waals surface area contributed by atoms with E-state index < -0.39 is 0 Å². The maximum absolute atomic E-state index is 11.5. The van der Waals surface area contributed by atoms with Gasteiger partial charge >= 0.3 is 0 Å². The number of hydrogen-bond donors (Lipinski definition) is 2. The second-order valence-electron chi connectivity index (χ2n) is 5.94. The summed E-state index contributed by atoms with van der Waals surface area (Å²) in [5.74, 6) is 0.753. The third kappa shape index (κ3) is 4.35.